The van der Waals surface area contributed by atoms with Crippen molar-refractivity contribution in [1.82, 2.24) is 5.32 Å². The minimum Gasteiger partial charge on any atom is -0.423 e. The van der Waals surface area contributed by atoms with Gasteiger partial charge in [-0.15, -0.1) is 0 Å². The topological polar surface area (TPSA) is 81.7 Å². The molecule has 0 aromatic heterocycles. The Labute approximate surface area is 170 Å². The average molecular weight is 397 g/mol. The second kappa shape index (κ2) is 7.65. The Balaban J connectivity index is 1.45. The molecular formula is C23H27NO5. The van der Waals surface area contributed by atoms with Crippen LogP contribution in [0.3, 0.4) is 0 Å². The summed E-state index contributed by atoms with van der Waals surface area (Å²) in [7, 11) is 0. The molecule has 6 heteroatoms. The van der Waals surface area contributed by atoms with Gasteiger partial charge >= 0.3 is 11.9 Å². The monoisotopic (exact) mass is 397 g/mol. The normalized spacial score (nSPS) is 29.7. The van der Waals surface area contributed by atoms with Crippen LogP contribution in [0.4, 0.5) is 0 Å². The lowest BCUT2D eigenvalue weighted by atomic mass is 9.53. The van der Waals surface area contributed by atoms with Crippen LogP contribution in [0.25, 0.3) is 6.08 Å². The van der Waals surface area contributed by atoms with E-state index in [0.717, 1.165) is 37.0 Å². The van der Waals surface area contributed by atoms with Crippen molar-refractivity contribution in [2.45, 2.75) is 57.9 Å². The van der Waals surface area contributed by atoms with Crippen LogP contribution in [0.5, 0.6) is 11.5 Å². The SMILES string of the molecule is CC(=O)Oc1ccc(/C=C/C(=O)NC23CC4CC(CC(C4)C2)C3)cc1OC(C)=O. The molecular weight excluding hydrogens is 370 g/mol. The van der Waals surface area contributed by atoms with Crippen molar-refractivity contribution in [2.75, 3.05) is 0 Å². The van der Waals surface area contributed by atoms with Gasteiger partial charge in [0.15, 0.2) is 11.5 Å². The van der Waals surface area contributed by atoms with Crippen molar-refractivity contribution in [3.63, 3.8) is 0 Å². The van der Waals surface area contributed by atoms with Crippen molar-refractivity contribution in [2.24, 2.45) is 17.8 Å². The highest BCUT2D eigenvalue weighted by molar-refractivity contribution is 5.92. The summed E-state index contributed by atoms with van der Waals surface area (Å²) in [5, 5.41) is 3.30. The van der Waals surface area contributed by atoms with Crippen LogP contribution < -0.4 is 14.8 Å². The van der Waals surface area contributed by atoms with Crippen molar-refractivity contribution < 1.29 is 23.9 Å². The summed E-state index contributed by atoms with van der Waals surface area (Å²) in [6.07, 6.45) is 10.5. The minimum absolute atomic E-state index is 0.0295. The van der Waals surface area contributed by atoms with Crippen LogP contribution in [0, 0.1) is 17.8 Å². The molecule has 1 aromatic carbocycles. The number of ether oxygens (including phenoxy) is 2. The quantitative estimate of drug-likeness (QED) is 0.466. The highest BCUT2D eigenvalue weighted by atomic mass is 16.6. The fraction of sp³-hybridized carbons (Fsp3) is 0.522. The van der Waals surface area contributed by atoms with Crippen LogP contribution >= 0.6 is 0 Å². The number of benzene rings is 1. The van der Waals surface area contributed by atoms with E-state index in [1.54, 1.807) is 24.3 Å². The standard InChI is InChI=1S/C23H27NO5/c1-14(25)28-20-5-3-16(10-21(20)29-15(2)26)4-6-22(27)24-23-11-17-7-18(12-23)9-19(8-17)13-23/h3-6,10,17-19H,7-9,11-13H2,1-2H3,(H,24,27)/b6-4+. The first kappa shape index (κ1) is 19.7. The number of carbonyl (C=O) groups is 3. The molecule has 5 rings (SSSR count). The van der Waals surface area contributed by atoms with E-state index in [1.165, 1.54) is 39.2 Å². The summed E-state index contributed by atoms with van der Waals surface area (Å²) in [4.78, 5) is 35.2. The molecule has 29 heavy (non-hydrogen) atoms. The maximum atomic E-state index is 12.6. The number of rotatable bonds is 5. The molecule has 1 N–H and O–H groups in total. The van der Waals surface area contributed by atoms with Crippen LogP contribution in [0.2, 0.25) is 0 Å². The summed E-state index contributed by atoms with van der Waals surface area (Å²) in [5.41, 5.74) is 0.649. The third-order valence-corrected chi connectivity index (χ3v) is 6.33. The lowest BCUT2D eigenvalue weighted by molar-refractivity contribution is -0.134. The highest BCUT2D eigenvalue weighted by Gasteiger charge is 2.51. The fourth-order valence-electron chi connectivity index (χ4n) is 5.84. The molecule has 1 amide bonds. The van der Waals surface area contributed by atoms with Gasteiger partial charge in [0.2, 0.25) is 5.91 Å². The van der Waals surface area contributed by atoms with Crippen LogP contribution in [-0.2, 0) is 14.4 Å². The Hall–Kier alpha value is -2.63. The van der Waals surface area contributed by atoms with Gasteiger partial charge in [-0.25, -0.2) is 0 Å². The van der Waals surface area contributed by atoms with E-state index in [9.17, 15) is 14.4 Å². The second-order valence-corrected chi connectivity index (χ2v) is 8.91. The molecule has 4 aliphatic rings. The van der Waals surface area contributed by atoms with Crippen LogP contribution in [0.1, 0.15) is 57.9 Å². The number of esters is 2. The lowest BCUT2D eigenvalue weighted by Gasteiger charge is -2.56. The van der Waals surface area contributed by atoms with E-state index in [2.05, 4.69) is 5.32 Å². The van der Waals surface area contributed by atoms with Gasteiger partial charge in [0.05, 0.1) is 0 Å². The minimum atomic E-state index is -0.515. The third kappa shape index (κ3) is 4.52. The molecule has 4 fully saturated rings. The first-order chi connectivity index (χ1) is 13.8. The van der Waals surface area contributed by atoms with Gasteiger partial charge in [-0.3, -0.25) is 14.4 Å². The van der Waals surface area contributed by atoms with Gasteiger partial charge in [-0.2, -0.15) is 0 Å². The van der Waals surface area contributed by atoms with Crippen LogP contribution in [-0.4, -0.2) is 23.4 Å². The number of amides is 1. The van der Waals surface area contributed by atoms with Gasteiger partial charge in [0.1, 0.15) is 0 Å². The van der Waals surface area contributed by atoms with E-state index >= 15 is 0 Å². The van der Waals surface area contributed by atoms with E-state index in [4.69, 9.17) is 9.47 Å². The Morgan fingerprint density at radius 3 is 2.03 bits per heavy atom. The van der Waals surface area contributed by atoms with E-state index in [1.807, 2.05) is 0 Å². The molecule has 0 saturated heterocycles. The zero-order valence-corrected chi connectivity index (χ0v) is 16.9. The fourth-order valence-corrected chi connectivity index (χ4v) is 5.84. The molecule has 0 spiro atoms. The van der Waals surface area contributed by atoms with E-state index in [-0.39, 0.29) is 22.9 Å². The van der Waals surface area contributed by atoms with Gasteiger partial charge < -0.3 is 14.8 Å². The van der Waals surface area contributed by atoms with E-state index < -0.39 is 11.9 Å². The Kier molecular flexibility index (Phi) is 5.19. The molecule has 4 aliphatic carbocycles. The third-order valence-electron chi connectivity index (χ3n) is 6.33. The Bertz CT molecular complexity index is 837. The van der Waals surface area contributed by atoms with Crippen molar-refractivity contribution in [3.05, 3.63) is 29.8 Å². The maximum absolute atomic E-state index is 12.6. The maximum Gasteiger partial charge on any atom is 0.308 e. The molecule has 1 aromatic rings. The average Bonchev–Trinajstić information content (AvgIpc) is 2.59. The zero-order chi connectivity index (χ0) is 20.6. The summed E-state index contributed by atoms with van der Waals surface area (Å²) in [5.74, 6) is 1.52. The lowest BCUT2D eigenvalue weighted by Crippen LogP contribution is -2.59. The molecule has 6 nitrogen and oxygen atoms in total. The van der Waals surface area contributed by atoms with Gasteiger partial charge in [-0.1, -0.05) is 6.07 Å². The molecule has 0 aliphatic heterocycles. The van der Waals surface area contributed by atoms with Gasteiger partial charge in [-0.05, 0) is 80.1 Å². The second-order valence-electron chi connectivity index (χ2n) is 8.91. The predicted molar refractivity (Wildman–Crippen MR) is 107 cm³/mol. The first-order valence-electron chi connectivity index (χ1n) is 10.3. The molecule has 0 radical (unpaired) electrons. The summed E-state index contributed by atoms with van der Waals surface area (Å²) in [6.45, 7) is 2.55. The van der Waals surface area contributed by atoms with Crippen molar-refractivity contribution >= 4 is 23.9 Å². The molecule has 0 unspecified atom stereocenters. The number of nitrogens with one attached hydrogen (secondary N) is 1. The molecule has 4 bridgehead atoms. The molecule has 0 atom stereocenters. The van der Waals surface area contributed by atoms with Gasteiger partial charge in [0.25, 0.3) is 0 Å². The number of carbonyl (C=O) groups excluding carboxylic acids is 3. The van der Waals surface area contributed by atoms with E-state index in [0.29, 0.717) is 5.56 Å². The Morgan fingerprint density at radius 2 is 1.48 bits per heavy atom. The summed E-state index contributed by atoms with van der Waals surface area (Å²) in [6, 6.07) is 4.84. The highest BCUT2D eigenvalue weighted by Crippen LogP contribution is 2.55. The smallest absolute Gasteiger partial charge is 0.308 e. The molecule has 4 saturated carbocycles. The predicted octanol–water partition coefficient (Wildman–Crippen LogP) is 3.64. The number of hydrogen-bond donors (Lipinski definition) is 1. The van der Waals surface area contributed by atoms with Gasteiger partial charge in [0, 0.05) is 25.5 Å². The van der Waals surface area contributed by atoms with Crippen molar-refractivity contribution in [3.8, 4) is 11.5 Å². The van der Waals surface area contributed by atoms with Crippen molar-refractivity contribution in [1.29, 1.82) is 0 Å². The number of hydrogen-bond acceptors (Lipinski definition) is 5. The largest absolute Gasteiger partial charge is 0.423 e. The Morgan fingerprint density at radius 1 is 0.931 bits per heavy atom. The molecule has 154 valence electrons. The molecule has 0 heterocycles. The first-order valence-corrected chi connectivity index (χ1v) is 10.3. The zero-order valence-electron chi connectivity index (χ0n) is 16.9. The van der Waals surface area contributed by atoms with Crippen LogP contribution in [0.15, 0.2) is 24.3 Å². The summed E-state index contributed by atoms with van der Waals surface area (Å²) < 4.78 is 10.2. The summed E-state index contributed by atoms with van der Waals surface area (Å²) >= 11 is 0.